The van der Waals surface area contributed by atoms with E-state index in [4.69, 9.17) is 5.11 Å². The molecule has 1 aromatic rings. The molecule has 0 aliphatic heterocycles. The first-order valence-corrected chi connectivity index (χ1v) is 6.11. The Labute approximate surface area is 108 Å². The molecule has 0 bridgehead atoms. The van der Waals surface area contributed by atoms with Gasteiger partial charge in [0, 0.05) is 5.56 Å². The second kappa shape index (κ2) is 6.12. The van der Waals surface area contributed by atoms with Gasteiger partial charge in [-0.1, -0.05) is 13.8 Å². The lowest BCUT2D eigenvalue weighted by atomic mass is 10.0. The van der Waals surface area contributed by atoms with Crippen molar-refractivity contribution in [2.24, 2.45) is 5.92 Å². The molecule has 1 amide bonds. The molecule has 0 spiro atoms. The van der Waals surface area contributed by atoms with E-state index < -0.39 is 5.82 Å². The summed E-state index contributed by atoms with van der Waals surface area (Å²) in [4.78, 5) is 11.8. The topological polar surface area (TPSA) is 49.3 Å². The van der Waals surface area contributed by atoms with Crippen molar-refractivity contribution in [1.29, 1.82) is 0 Å². The van der Waals surface area contributed by atoms with Gasteiger partial charge in [-0.3, -0.25) is 4.79 Å². The minimum absolute atomic E-state index is 0.119. The summed E-state index contributed by atoms with van der Waals surface area (Å²) in [7, 11) is 0. The highest BCUT2D eigenvalue weighted by Gasteiger charge is 2.16. The molecule has 0 unspecified atom stereocenters. The zero-order valence-corrected chi connectivity index (χ0v) is 11.3. The van der Waals surface area contributed by atoms with Gasteiger partial charge in [0.15, 0.2) is 0 Å². The summed E-state index contributed by atoms with van der Waals surface area (Å²) in [5, 5.41) is 11.8. The SMILES string of the molecule is CC(C)[C@@H](CO)NC(=O)c1ccc(F)c(Br)c1. The minimum Gasteiger partial charge on any atom is -0.394 e. The number of amides is 1. The molecule has 3 nitrogen and oxygen atoms in total. The van der Waals surface area contributed by atoms with Crippen molar-refractivity contribution in [3.05, 3.63) is 34.1 Å². The van der Waals surface area contributed by atoms with E-state index in [9.17, 15) is 9.18 Å². The predicted molar refractivity (Wildman–Crippen MR) is 67.3 cm³/mol. The van der Waals surface area contributed by atoms with Crippen molar-refractivity contribution in [3.63, 3.8) is 0 Å². The van der Waals surface area contributed by atoms with Crippen LogP contribution in [0.15, 0.2) is 22.7 Å². The van der Waals surface area contributed by atoms with Crippen LogP contribution >= 0.6 is 15.9 Å². The monoisotopic (exact) mass is 303 g/mol. The summed E-state index contributed by atoms with van der Waals surface area (Å²) < 4.78 is 13.2. The Morgan fingerprint density at radius 2 is 2.18 bits per heavy atom. The fourth-order valence-corrected chi connectivity index (χ4v) is 1.69. The van der Waals surface area contributed by atoms with E-state index in [1.165, 1.54) is 18.2 Å². The third-order valence-electron chi connectivity index (χ3n) is 2.50. The highest BCUT2D eigenvalue weighted by molar-refractivity contribution is 9.10. The molecule has 2 N–H and O–H groups in total. The Bertz CT molecular complexity index is 409. The summed E-state index contributed by atoms with van der Waals surface area (Å²) in [6.45, 7) is 3.69. The maximum absolute atomic E-state index is 13.0. The van der Waals surface area contributed by atoms with Gasteiger partial charge >= 0.3 is 0 Å². The van der Waals surface area contributed by atoms with E-state index in [1.807, 2.05) is 13.8 Å². The normalized spacial score (nSPS) is 12.6. The maximum atomic E-state index is 13.0. The molecular weight excluding hydrogens is 289 g/mol. The van der Waals surface area contributed by atoms with E-state index in [2.05, 4.69) is 21.2 Å². The number of rotatable bonds is 4. The molecule has 1 atom stereocenters. The number of nitrogens with one attached hydrogen (secondary N) is 1. The van der Waals surface area contributed by atoms with Crippen molar-refractivity contribution in [2.45, 2.75) is 19.9 Å². The van der Waals surface area contributed by atoms with Gasteiger partial charge in [-0.25, -0.2) is 4.39 Å². The van der Waals surface area contributed by atoms with Crippen LogP contribution in [-0.2, 0) is 0 Å². The molecule has 0 saturated heterocycles. The fraction of sp³-hybridized carbons (Fsp3) is 0.417. The zero-order valence-electron chi connectivity index (χ0n) is 9.71. The first-order chi connectivity index (χ1) is 7.95. The summed E-state index contributed by atoms with van der Waals surface area (Å²) in [5.74, 6) is -0.601. The predicted octanol–water partition coefficient (Wildman–Crippen LogP) is 2.33. The highest BCUT2D eigenvalue weighted by atomic mass is 79.9. The second-order valence-corrected chi connectivity index (χ2v) is 4.99. The molecule has 0 aliphatic carbocycles. The molecule has 0 radical (unpaired) electrons. The number of carbonyl (C=O) groups excluding carboxylic acids is 1. The molecule has 1 rings (SSSR count). The Morgan fingerprint density at radius 1 is 1.53 bits per heavy atom. The average molecular weight is 304 g/mol. The van der Waals surface area contributed by atoms with Gasteiger partial charge in [0.1, 0.15) is 5.82 Å². The van der Waals surface area contributed by atoms with Gasteiger partial charge in [-0.05, 0) is 40.0 Å². The van der Waals surface area contributed by atoms with E-state index in [1.54, 1.807) is 0 Å². The summed E-state index contributed by atoms with van der Waals surface area (Å²) >= 11 is 3.02. The third-order valence-corrected chi connectivity index (χ3v) is 3.11. The molecule has 0 aliphatic rings. The Hall–Kier alpha value is -0.940. The number of benzene rings is 1. The van der Waals surface area contributed by atoms with Crippen molar-refractivity contribution in [1.82, 2.24) is 5.32 Å². The summed E-state index contributed by atoms with van der Waals surface area (Å²) in [5.41, 5.74) is 0.359. The first-order valence-electron chi connectivity index (χ1n) is 5.32. The van der Waals surface area contributed by atoms with Crippen LogP contribution in [0.1, 0.15) is 24.2 Å². The van der Waals surface area contributed by atoms with Crippen LogP contribution in [0, 0.1) is 11.7 Å². The number of aliphatic hydroxyl groups excluding tert-OH is 1. The largest absolute Gasteiger partial charge is 0.394 e. The average Bonchev–Trinajstić information content (AvgIpc) is 2.28. The Kier molecular flexibility index (Phi) is 5.08. The van der Waals surface area contributed by atoms with E-state index in [-0.39, 0.29) is 28.9 Å². The lowest BCUT2D eigenvalue weighted by Gasteiger charge is -2.19. The van der Waals surface area contributed by atoms with Gasteiger partial charge in [0.25, 0.3) is 5.91 Å². The molecule has 0 heterocycles. The van der Waals surface area contributed by atoms with Gasteiger partial charge in [-0.2, -0.15) is 0 Å². The minimum atomic E-state index is -0.413. The van der Waals surface area contributed by atoms with Crippen LogP contribution in [0.5, 0.6) is 0 Å². The van der Waals surface area contributed by atoms with Crippen molar-refractivity contribution < 1.29 is 14.3 Å². The summed E-state index contributed by atoms with van der Waals surface area (Å²) in [6.07, 6.45) is 0. The highest BCUT2D eigenvalue weighted by Crippen LogP contribution is 2.17. The van der Waals surface area contributed by atoms with Crippen LogP contribution in [-0.4, -0.2) is 23.7 Å². The van der Waals surface area contributed by atoms with Crippen molar-refractivity contribution in [2.75, 3.05) is 6.61 Å². The van der Waals surface area contributed by atoms with Gasteiger partial charge in [0.05, 0.1) is 17.1 Å². The summed E-state index contributed by atoms with van der Waals surface area (Å²) in [6, 6.07) is 3.75. The van der Waals surface area contributed by atoms with Crippen molar-refractivity contribution in [3.8, 4) is 0 Å². The van der Waals surface area contributed by atoms with Gasteiger partial charge < -0.3 is 10.4 Å². The molecule has 5 heteroatoms. The standard InChI is InChI=1S/C12H15BrFNO2/c1-7(2)11(6-16)15-12(17)8-3-4-10(14)9(13)5-8/h3-5,7,11,16H,6H2,1-2H3,(H,15,17)/t11-/m1/s1. The number of carbonyl (C=O) groups is 1. The molecule has 0 saturated carbocycles. The smallest absolute Gasteiger partial charge is 0.251 e. The Morgan fingerprint density at radius 3 is 2.65 bits per heavy atom. The number of aliphatic hydroxyl groups is 1. The van der Waals surface area contributed by atoms with Crippen LogP contribution in [0.4, 0.5) is 4.39 Å². The molecule has 0 aromatic heterocycles. The van der Waals surface area contributed by atoms with Crippen molar-refractivity contribution >= 4 is 21.8 Å². The quantitative estimate of drug-likeness (QED) is 0.897. The molecule has 94 valence electrons. The lowest BCUT2D eigenvalue weighted by Crippen LogP contribution is -2.41. The zero-order chi connectivity index (χ0) is 13.0. The first kappa shape index (κ1) is 14.1. The number of hydrogen-bond donors (Lipinski definition) is 2. The molecule has 1 aromatic carbocycles. The fourth-order valence-electron chi connectivity index (χ4n) is 1.31. The molecule has 17 heavy (non-hydrogen) atoms. The number of hydrogen-bond acceptors (Lipinski definition) is 2. The van der Waals surface area contributed by atoms with E-state index in [0.717, 1.165) is 0 Å². The van der Waals surface area contributed by atoms with Gasteiger partial charge in [-0.15, -0.1) is 0 Å². The van der Waals surface area contributed by atoms with Crippen LogP contribution in [0.3, 0.4) is 0 Å². The Balaban J connectivity index is 2.79. The third kappa shape index (κ3) is 3.78. The van der Waals surface area contributed by atoms with Gasteiger partial charge in [0.2, 0.25) is 0 Å². The number of halogens is 2. The maximum Gasteiger partial charge on any atom is 0.251 e. The second-order valence-electron chi connectivity index (χ2n) is 4.14. The molecular formula is C12H15BrFNO2. The van der Waals surface area contributed by atoms with E-state index in [0.29, 0.717) is 5.56 Å². The molecule has 0 fully saturated rings. The van der Waals surface area contributed by atoms with Crippen LogP contribution < -0.4 is 5.32 Å². The lowest BCUT2D eigenvalue weighted by molar-refractivity contribution is 0.0896. The van der Waals surface area contributed by atoms with Crippen LogP contribution in [0.25, 0.3) is 0 Å². The van der Waals surface area contributed by atoms with E-state index >= 15 is 0 Å². The van der Waals surface area contributed by atoms with Crippen LogP contribution in [0.2, 0.25) is 0 Å².